The number of rotatable bonds is 4. The van der Waals surface area contributed by atoms with E-state index in [4.69, 9.17) is 0 Å². The van der Waals surface area contributed by atoms with E-state index in [1.54, 1.807) is 23.1 Å². The number of amides is 1. The Balaban J connectivity index is 1.41. The number of carbonyl (C=O) groups is 1. The van der Waals surface area contributed by atoms with Crippen LogP contribution in [0.5, 0.6) is 0 Å². The van der Waals surface area contributed by atoms with Crippen LogP contribution in [0, 0.1) is 13.8 Å². The molecule has 0 unspecified atom stereocenters. The van der Waals surface area contributed by atoms with Crippen molar-refractivity contribution >= 4 is 17.7 Å². The van der Waals surface area contributed by atoms with Crippen molar-refractivity contribution < 1.29 is 18.0 Å². The third-order valence-corrected chi connectivity index (χ3v) is 5.87. The van der Waals surface area contributed by atoms with Crippen molar-refractivity contribution in [3.05, 3.63) is 83.2 Å². The molecule has 0 radical (unpaired) electrons. The molecule has 1 amide bonds. The Morgan fingerprint density at radius 3 is 2.27 bits per heavy atom. The number of nitrogens with zero attached hydrogens (tertiary/aromatic N) is 4. The number of hydrogen-bond acceptors (Lipinski definition) is 3. The quantitative estimate of drug-likeness (QED) is 0.528. The van der Waals surface area contributed by atoms with Gasteiger partial charge in [-0.25, -0.2) is 4.68 Å². The molecule has 0 aliphatic carbocycles. The smallest absolute Gasteiger partial charge is 0.368 e. The maximum Gasteiger partial charge on any atom is 0.416 e. The monoisotopic (exact) mass is 454 g/mol. The topological polar surface area (TPSA) is 41.4 Å². The largest absolute Gasteiger partial charge is 0.416 e. The number of aromatic nitrogens is 2. The summed E-state index contributed by atoms with van der Waals surface area (Å²) in [6, 6.07) is 15.1. The van der Waals surface area contributed by atoms with E-state index < -0.39 is 11.7 Å². The second-order valence-corrected chi connectivity index (χ2v) is 8.03. The van der Waals surface area contributed by atoms with Crippen LogP contribution in [0.4, 0.5) is 18.9 Å². The average Bonchev–Trinajstić information content (AvgIpc) is 3.11. The molecule has 2 heterocycles. The van der Waals surface area contributed by atoms with Gasteiger partial charge < -0.3 is 9.80 Å². The molecule has 5 nitrogen and oxygen atoms in total. The molecule has 33 heavy (non-hydrogen) atoms. The molecular weight excluding hydrogens is 429 g/mol. The summed E-state index contributed by atoms with van der Waals surface area (Å²) in [4.78, 5) is 16.3. The number of halogens is 3. The molecule has 0 spiro atoms. The number of anilines is 1. The van der Waals surface area contributed by atoms with Crippen molar-refractivity contribution in [2.45, 2.75) is 20.0 Å². The summed E-state index contributed by atoms with van der Waals surface area (Å²) in [6.07, 6.45) is -1.03. The van der Waals surface area contributed by atoms with Crippen molar-refractivity contribution in [3.8, 4) is 5.69 Å². The lowest BCUT2D eigenvalue weighted by Crippen LogP contribution is -2.48. The highest BCUT2D eigenvalue weighted by atomic mass is 19.4. The maximum atomic E-state index is 13.0. The van der Waals surface area contributed by atoms with Gasteiger partial charge in [-0.3, -0.25) is 4.79 Å². The number of hydrogen-bond donors (Lipinski definition) is 0. The molecule has 1 fully saturated rings. The summed E-state index contributed by atoms with van der Waals surface area (Å²) >= 11 is 0. The predicted octanol–water partition coefficient (Wildman–Crippen LogP) is 4.87. The Morgan fingerprint density at radius 2 is 1.61 bits per heavy atom. The fourth-order valence-corrected chi connectivity index (χ4v) is 4.04. The van der Waals surface area contributed by atoms with E-state index in [2.05, 4.69) is 5.10 Å². The van der Waals surface area contributed by atoms with Crippen LogP contribution >= 0.6 is 0 Å². The molecule has 1 aliphatic rings. The lowest BCUT2D eigenvalue weighted by Gasteiger charge is -2.35. The highest BCUT2D eigenvalue weighted by Gasteiger charge is 2.31. The van der Waals surface area contributed by atoms with E-state index in [9.17, 15) is 18.0 Å². The molecule has 2 aromatic carbocycles. The molecule has 0 saturated carbocycles. The van der Waals surface area contributed by atoms with Gasteiger partial charge in [0.2, 0.25) is 5.91 Å². The van der Waals surface area contributed by atoms with Gasteiger partial charge in [0.05, 0.1) is 16.9 Å². The van der Waals surface area contributed by atoms with E-state index in [1.165, 1.54) is 6.07 Å². The normalized spacial score (nSPS) is 14.8. The Labute approximate surface area is 190 Å². The van der Waals surface area contributed by atoms with Crippen LogP contribution in [0.2, 0.25) is 0 Å². The first-order chi connectivity index (χ1) is 15.7. The van der Waals surface area contributed by atoms with Crippen LogP contribution < -0.4 is 4.90 Å². The summed E-state index contributed by atoms with van der Waals surface area (Å²) in [7, 11) is 0. The van der Waals surface area contributed by atoms with Crippen molar-refractivity contribution in [1.29, 1.82) is 0 Å². The zero-order valence-electron chi connectivity index (χ0n) is 18.5. The molecule has 8 heteroatoms. The molecule has 1 aromatic heterocycles. The number of alkyl halides is 3. The highest BCUT2D eigenvalue weighted by Crippen LogP contribution is 2.32. The number of carbonyl (C=O) groups excluding carboxylic acids is 1. The minimum absolute atomic E-state index is 0.120. The molecule has 172 valence electrons. The fourth-order valence-electron chi connectivity index (χ4n) is 4.04. The Kier molecular flexibility index (Phi) is 6.26. The van der Waals surface area contributed by atoms with Gasteiger partial charge in [-0.15, -0.1) is 0 Å². The van der Waals surface area contributed by atoms with E-state index in [1.807, 2.05) is 53.8 Å². The first-order valence-corrected chi connectivity index (χ1v) is 10.7. The number of benzene rings is 2. The molecule has 3 aromatic rings. The summed E-state index contributed by atoms with van der Waals surface area (Å²) in [5.74, 6) is -0.120. The van der Waals surface area contributed by atoms with Gasteiger partial charge in [0.1, 0.15) is 0 Å². The predicted molar refractivity (Wildman–Crippen MR) is 122 cm³/mol. The van der Waals surface area contributed by atoms with Gasteiger partial charge in [-0.05, 0) is 50.3 Å². The van der Waals surface area contributed by atoms with Crippen molar-refractivity contribution in [2.75, 3.05) is 31.1 Å². The first kappa shape index (κ1) is 22.6. The lowest BCUT2D eigenvalue weighted by molar-refractivity contribution is -0.137. The SMILES string of the molecule is Cc1nn(-c2ccccc2)c(C)c1/C=C/C(=O)N1CCN(c2cccc(C(F)(F)F)c2)CC1. The highest BCUT2D eigenvalue weighted by molar-refractivity contribution is 5.92. The molecule has 0 N–H and O–H groups in total. The second kappa shape index (κ2) is 9.13. The van der Waals surface area contributed by atoms with Crippen LogP contribution in [-0.2, 0) is 11.0 Å². The molecular formula is C25H25F3N4O. The minimum Gasteiger partial charge on any atom is -0.368 e. The van der Waals surface area contributed by atoms with E-state index in [-0.39, 0.29) is 5.91 Å². The average molecular weight is 454 g/mol. The molecule has 0 bridgehead atoms. The van der Waals surface area contributed by atoms with Gasteiger partial charge in [-0.1, -0.05) is 24.3 Å². The Morgan fingerprint density at radius 1 is 0.939 bits per heavy atom. The lowest BCUT2D eigenvalue weighted by atomic mass is 10.1. The summed E-state index contributed by atoms with van der Waals surface area (Å²) in [6.45, 7) is 5.71. The van der Waals surface area contributed by atoms with E-state index in [0.29, 0.717) is 31.9 Å². The first-order valence-electron chi connectivity index (χ1n) is 10.7. The summed E-state index contributed by atoms with van der Waals surface area (Å²) in [5.41, 5.74) is 3.48. The van der Waals surface area contributed by atoms with Crippen molar-refractivity contribution in [3.63, 3.8) is 0 Å². The zero-order valence-corrected chi connectivity index (χ0v) is 18.5. The molecule has 1 aliphatic heterocycles. The standard InChI is InChI=1S/C25H25F3N4O/c1-18-23(19(2)32(29-18)21-8-4-3-5-9-21)11-12-24(33)31-15-13-30(14-16-31)22-10-6-7-20(17-22)25(26,27)28/h3-12,17H,13-16H2,1-2H3/b12-11+. The maximum absolute atomic E-state index is 13.0. The third kappa shape index (κ3) is 4.94. The second-order valence-electron chi connectivity index (χ2n) is 8.03. The molecule has 0 atom stereocenters. The van der Waals surface area contributed by atoms with Gasteiger partial charge >= 0.3 is 6.18 Å². The number of aryl methyl sites for hydroxylation is 1. The van der Waals surface area contributed by atoms with E-state index >= 15 is 0 Å². The summed E-state index contributed by atoms with van der Waals surface area (Å²) < 4.78 is 40.8. The Bertz CT molecular complexity index is 1160. The van der Waals surface area contributed by atoms with Gasteiger partial charge in [0.25, 0.3) is 0 Å². The van der Waals surface area contributed by atoms with Crippen LogP contribution in [0.25, 0.3) is 11.8 Å². The van der Waals surface area contributed by atoms with Crippen molar-refractivity contribution in [2.24, 2.45) is 0 Å². The van der Waals surface area contributed by atoms with Gasteiger partial charge in [0, 0.05) is 49.2 Å². The van der Waals surface area contributed by atoms with E-state index in [0.717, 1.165) is 34.8 Å². The van der Waals surface area contributed by atoms with Gasteiger partial charge in [-0.2, -0.15) is 18.3 Å². The number of piperazine rings is 1. The number of para-hydroxylation sites is 1. The van der Waals surface area contributed by atoms with Crippen LogP contribution in [-0.4, -0.2) is 46.8 Å². The van der Waals surface area contributed by atoms with Crippen LogP contribution in [0.1, 0.15) is 22.5 Å². The Hall–Kier alpha value is -3.55. The fraction of sp³-hybridized carbons (Fsp3) is 0.280. The van der Waals surface area contributed by atoms with Crippen molar-refractivity contribution in [1.82, 2.24) is 14.7 Å². The third-order valence-electron chi connectivity index (χ3n) is 5.87. The zero-order chi connectivity index (χ0) is 23.6. The summed E-state index contributed by atoms with van der Waals surface area (Å²) in [5, 5.41) is 4.59. The van der Waals surface area contributed by atoms with Crippen LogP contribution in [0.15, 0.2) is 60.7 Å². The molecule has 1 saturated heterocycles. The molecule has 4 rings (SSSR count). The minimum atomic E-state index is -4.37. The van der Waals surface area contributed by atoms with Crippen LogP contribution in [0.3, 0.4) is 0 Å². The van der Waals surface area contributed by atoms with Gasteiger partial charge in [0.15, 0.2) is 0 Å².